The van der Waals surface area contributed by atoms with Gasteiger partial charge in [-0.1, -0.05) is 11.6 Å². The summed E-state index contributed by atoms with van der Waals surface area (Å²) in [6.45, 7) is 1.27. The molecule has 8 heteroatoms. The number of hydrogen-bond acceptors (Lipinski definition) is 4. The molecule has 1 aromatic carbocycles. The normalized spacial score (nSPS) is 10.6. The quantitative estimate of drug-likeness (QED) is 0.165. The summed E-state index contributed by atoms with van der Waals surface area (Å²) in [5, 5.41) is 6.98. The Morgan fingerprint density at radius 1 is 1.27 bits per heavy atom. The predicted octanol–water partition coefficient (Wildman–Crippen LogP) is 2.78. The number of benzene rings is 1. The van der Waals surface area contributed by atoms with Gasteiger partial charge in [0.05, 0.1) is 13.5 Å². The first-order valence-electron chi connectivity index (χ1n) is 6.55. The maximum atomic E-state index is 11.0. The Bertz CT molecular complexity index is 472. The van der Waals surface area contributed by atoms with Gasteiger partial charge in [-0.2, -0.15) is 0 Å². The van der Waals surface area contributed by atoms with E-state index in [0.29, 0.717) is 18.9 Å². The number of guanidine groups is 1. The zero-order chi connectivity index (χ0) is 15.5. The summed E-state index contributed by atoms with van der Waals surface area (Å²) in [6, 6.07) is 7.75. The van der Waals surface area contributed by atoms with Gasteiger partial charge < -0.3 is 15.4 Å². The molecule has 5 nitrogen and oxygen atoms in total. The van der Waals surface area contributed by atoms with Crippen molar-refractivity contribution in [1.82, 2.24) is 10.6 Å². The van der Waals surface area contributed by atoms with Gasteiger partial charge in [-0.05, 0) is 24.3 Å². The Labute approximate surface area is 157 Å². The van der Waals surface area contributed by atoms with Crippen molar-refractivity contribution in [1.29, 1.82) is 0 Å². The van der Waals surface area contributed by atoms with Crippen LogP contribution in [0.3, 0.4) is 0 Å². The zero-order valence-electron chi connectivity index (χ0n) is 12.6. The van der Waals surface area contributed by atoms with E-state index in [9.17, 15) is 4.79 Å². The second kappa shape index (κ2) is 12.8. The van der Waals surface area contributed by atoms with E-state index in [0.717, 1.165) is 17.3 Å². The van der Waals surface area contributed by atoms with Gasteiger partial charge in [-0.15, -0.1) is 35.7 Å². The largest absolute Gasteiger partial charge is 0.469 e. The number of nitrogens with one attached hydrogen (secondary N) is 2. The maximum absolute atomic E-state index is 11.0. The van der Waals surface area contributed by atoms with Crippen molar-refractivity contribution < 1.29 is 9.53 Å². The van der Waals surface area contributed by atoms with Crippen LogP contribution >= 0.6 is 47.3 Å². The van der Waals surface area contributed by atoms with Gasteiger partial charge >= 0.3 is 5.97 Å². The Hall–Kier alpha value is -0.670. The summed E-state index contributed by atoms with van der Waals surface area (Å²) in [5.74, 6) is 1.34. The third-order valence-corrected chi connectivity index (χ3v) is 3.82. The van der Waals surface area contributed by atoms with E-state index < -0.39 is 0 Å². The molecule has 0 aliphatic heterocycles. The minimum atomic E-state index is -0.240. The smallest absolute Gasteiger partial charge is 0.307 e. The van der Waals surface area contributed by atoms with Gasteiger partial charge in [-0.3, -0.25) is 9.79 Å². The van der Waals surface area contributed by atoms with Crippen LogP contribution in [-0.4, -0.2) is 44.9 Å². The number of aliphatic imine (C=N–C) groups is 1. The average Bonchev–Trinajstić information content (AvgIpc) is 2.51. The van der Waals surface area contributed by atoms with E-state index in [-0.39, 0.29) is 29.9 Å². The molecule has 0 saturated heterocycles. The lowest BCUT2D eigenvalue weighted by Crippen LogP contribution is -2.39. The summed E-state index contributed by atoms with van der Waals surface area (Å²) in [7, 11) is 3.07. The molecule has 0 aliphatic carbocycles. The SMILES string of the molecule is CN=C(NCCSc1ccc(Cl)cc1)NCCC(=O)OC.I. The van der Waals surface area contributed by atoms with Gasteiger partial charge in [0, 0.05) is 35.8 Å². The molecule has 1 rings (SSSR count). The molecule has 1 aromatic rings. The summed E-state index contributed by atoms with van der Waals surface area (Å²) in [5.41, 5.74) is 0. The summed E-state index contributed by atoms with van der Waals surface area (Å²) in [6.07, 6.45) is 0.316. The minimum Gasteiger partial charge on any atom is -0.469 e. The number of halogens is 2. The first-order chi connectivity index (χ1) is 10.2. The number of thioether (sulfide) groups is 1. The first-order valence-corrected chi connectivity index (χ1v) is 7.91. The van der Waals surface area contributed by atoms with Crippen molar-refractivity contribution >= 4 is 59.3 Å². The Morgan fingerprint density at radius 2 is 1.91 bits per heavy atom. The van der Waals surface area contributed by atoms with Gasteiger partial charge in [0.25, 0.3) is 0 Å². The molecule has 0 saturated carbocycles. The zero-order valence-corrected chi connectivity index (χ0v) is 16.5. The average molecular weight is 458 g/mol. The van der Waals surface area contributed by atoms with Crippen molar-refractivity contribution in [2.24, 2.45) is 4.99 Å². The van der Waals surface area contributed by atoms with E-state index in [4.69, 9.17) is 11.6 Å². The number of esters is 1. The number of nitrogens with zero attached hydrogens (tertiary/aromatic N) is 1. The first kappa shape index (κ1) is 21.3. The van der Waals surface area contributed by atoms with Crippen molar-refractivity contribution in [3.8, 4) is 0 Å². The van der Waals surface area contributed by atoms with E-state index in [1.54, 1.807) is 18.8 Å². The second-order valence-corrected chi connectivity index (χ2v) is 5.66. The number of methoxy groups -OCH3 is 1. The molecule has 0 aliphatic rings. The molecule has 0 unspecified atom stereocenters. The topological polar surface area (TPSA) is 62.7 Å². The van der Waals surface area contributed by atoms with Crippen LogP contribution in [0.25, 0.3) is 0 Å². The lowest BCUT2D eigenvalue weighted by molar-refractivity contribution is -0.140. The molecule has 0 fully saturated rings. The van der Waals surface area contributed by atoms with Crippen molar-refractivity contribution in [3.05, 3.63) is 29.3 Å². The van der Waals surface area contributed by atoms with Gasteiger partial charge in [0.15, 0.2) is 5.96 Å². The fourth-order valence-electron chi connectivity index (χ4n) is 1.47. The van der Waals surface area contributed by atoms with Gasteiger partial charge in [0.2, 0.25) is 0 Å². The van der Waals surface area contributed by atoms with Gasteiger partial charge in [0.1, 0.15) is 0 Å². The van der Waals surface area contributed by atoms with Crippen molar-refractivity contribution in [3.63, 3.8) is 0 Å². The Balaban J connectivity index is 0.00000441. The summed E-state index contributed by atoms with van der Waals surface area (Å²) < 4.78 is 4.57. The predicted molar refractivity (Wildman–Crippen MR) is 104 cm³/mol. The minimum absolute atomic E-state index is 0. The van der Waals surface area contributed by atoms with Crippen LogP contribution in [0, 0.1) is 0 Å². The molecule has 2 N–H and O–H groups in total. The number of rotatable bonds is 7. The van der Waals surface area contributed by atoms with Crippen LogP contribution in [0.4, 0.5) is 0 Å². The Kier molecular flexibility index (Phi) is 12.4. The highest BCUT2D eigenvalue weighted by atomic mass is 127. The third-order valence-electron chi connectivity index (χ3n) is 2.55. The van der Waals surface area contributed by atoms with E-state index in [1.165, 1.54) is 12.0 Å². The fourth-order valence-corrected chi connectivity index (χ4v) is 2.37. The van der Waals surface area contributed by atoms with E-state index in [2.05, 4.69) is 20.4 Å². The molecule has 0 spiro atoms. The Morgan fingerprint density at radius 3 is 2.50 bits per heavy atom. The number of ether oxygens (including phenoxy) is 1. The van der Waals surface area contributed by atoms with Crippen LogP contribution in [0.1, 0.15) is 6.42 Å². The van der Waals surface area contributed by atoms with Crippen LogP contribution in [0.5, 0.6) is 0 Å². The highest BCUT2D eigenvalue weighted by molar-refractivity contribution is 14.0. The molecule has 124 valence electrons. The van der Waals surface area contributed by atoms with E-state index in [1.807, 2.05) is 24.3 Å². The van der Waals surface area contributed by atoms with Gasteiger partial charge in [-0.25, -0.2) is 0 Å². The molecule has 0 amide bonds. The molecular formula is C14H21ClIN3O2S. The molecule has 0 atom stereocenters. The number of carbonyl (C=O) groups is 1. The van der Waals surface area contributed by atoms with E-state index >= 15 is 0 Å². The van der Waals surface area contributed by atoms with Crippen LogP contribution < -0.4 is 10.6 Å². The molecule has 22 heavy (non-hydrogen) atoms. The molecule has 0 heterocycles. The lowest BCUT2D eigenvalue weighted by Gasteiger charge is -2.11. The maximum Gasteiger partial charge on any atom is 0.307 e. The fraction of sp³-hybridized carbons (Fsp3) is 0.429. The van der Waals surface area contributed by atoms with Crippen molar-refractivity contribution in [2.45, 2.75) is 11.3 Å². The second-order valence-electron chi connectivity index (χ2n) is 4.05. The molecular weight excluding hydrogens is 437 g/mol. The molecule has 0 bridgehead atoms. The molecule has 0 aromatic heterocycles. The summed E-state index contributed by atoms with van der Waals surface area (Å²) in [4.78, 5) is 16.2. The molecule has 0 radical (unpaired) electrons. The number of carbonyl (C=O) groups excluding carboxylic acids is 1. The highest BCUT2D eigenvalue weighted by Crippen LogP contribution is 2.19. The highest BCUT2D eigenvalue weighted by Gasteiger charge is 2.01. The number of hydrogen-bond donors (Lipinski definition) is 2. The van der Waals surface area contributed by atoms with Crippen LogP contribution in [0.15, 0.2) is 34.2 Å². The summed E-state index contributed by atoms with van der Waals surface area (Å²) >= 11 is 7.57. The van der Waals surface area contributed by atoms with Crippen LogP contribution in [0.2, 0.25) is 5.02 Å². The monoisotopic (exact) mass is 457 g/mol. The lowest BCUT2D eigenvalue weighted by atomic mass is 10.4. The van der Waals surface area contributed by atoms with Crippen LogP contribution in [-0.2, 0) is 9.53 Å². The standard InChI is InChI=1S/C14H20ClN3O2S.HI/c1-16-14(17-8-7-13(19)20-2)18-9-10-21-12-5-3-11(15)4-6-12;/h3-6H,7-10H2,1-2H3,(H2,16,17,18);1H. The van der Waals surface area contributed by atoms with Crippen molar-refractivity contribution in [2.75, 3.05) is 33.0 Å². The third kappa shape index (κ3) is 9.37.